The van der Waals surface area contributed by atoms with E-state index in [0.717, 1.165) is 53.8 Å². The number of carbonyl (C=O) groups excluding carboxylic acids is 4. The minimum atomic E-state index is -1.88. The molecule has 15 nitrogen and oxygen atoms in total. The molecule has 378 valence electrons. The number of thiazole rings is 1. The lowest BCUT2D eigenvalue weighted by molar-refractivity contribution is -0.143. The summed E-state index contributed by atoms with van der Waals surface area (Å²) in [6, 6.07) is 11.6. The van der Waals surface area contributed by atoms with Gasteiger partial charge in [0.15, 0.2) is 5.67 Å². The molecule has 2 saturated carbocycles. The number of aryl methyl sites for hydroxylation is 1. The summed E-state index contributed by atoms with van der Waals surface area (Å²) in [6.45, 7) is 12.6. The Balaban J connectivity index is 0.000000208. The Kier molecular flexibility index (Phi) is 17.7. The number of aromatic nitrogens is 3. The number of methoxy groups -OCH3 is 1. The number of ether oxygens (including phenoxy) is 1. The average molecular weight is 1020 g/mol. The van der Waals surface area contributed by atoms with Crippen LogP contribution in [0.3, 0.4) is 0 Å². The number of rotatable bonds is 16. The minimum Gasteiger partial charge on any atom is -0.495 e. The van der Waals surface area contributed by atoms with Gasteiger partial charge in [-0.15, -0.1) is 11.3 Å². The molecule has 2 aliphatic carbocycles. The molecule has 70 heavy (non-hydrogen) atoms. The number of thioether (sulfide) groups is 1. The van der Waals surface area contributed by atoms with Crippen LogP contribution in [0.15, 0.2) is 54.2 Å². The van der Waals surface area contributed by atoms with Crippen LogP contribution in [0.5, 0.6) is 5.75 Å². The van der Waals surface area contributed by atoms with Crippen LogP contribution < -0.4 is 26.0 Å². The normalized spacial score (nSPS) is 19.0. The number of nitrogens with one attached hydrogen (secondary N) is 4. The van der Waals surface area contributed by atoms with Crippen LogP contribution >= 0.6 is 34.7 Å². The molecule has 2 aromatic heterocycles. The van der Waals surface area contributed by atoms with E-state index in [4.69, 9.17) is 16.3 Å². The quantitative estimate of drug-likeness (QED) is 0.0843. The first-order chi connectivity index (χ1) is 33.5. The van der Waals surface area contributed by atoms with Gasteiger partial charge in [0.25, 0.3) is 11.8 Å². The molecule has 8 rings (SSSR count). The lowest BCUT2D eigenvalue weighted by Gasteiger charge is -2.37. The molecule has 2 aromatic carbocycles. The monoisotopic (exact) mass is 1020 g/mol. The molecule has 4 aromatic rings. The Morgan fingerprint density at radius 2 is 1.69 bits per heavy atom. The summed E-state index contributed by atoms with van der Waals surface area (Å²) in [4.78, 5) is 72.6. The number of amides is 4. The van der Waals surface area contributed by atoms with Gasteiger partial charge in [-0.25, -0.2) is 14.4 Å². The van der Waals surface area contributed by atoms with Crippen LogP contribution in [0, 0.1) is 12.8 Å². The third-order valence-corrected chi connectivity index (χ3v) is 16.6. The highest BCUT2D eigenvalue weighted by Crippen LogP contribution is 2.41. The van der Waals surface area contributed by atoms with E-state index in [1.54, 1.807) is 36.5 Å². The molecular weight excluding hydrogens is 951 g/mol. The van der Waals surface area contributed by atoms with Gasteiger partial charge >= 0.3 is 0 Å². The van der Waals surface area contributed by atoms with Gasteiger partial charge in [-0.05, 0) is 108 Å². The second-order valence-electron chi connectivity index (χ2n) is 19.3. The molecule has 2 aliphatic heterocycles. The van der Waals surface area contributed by atoms with Gasteiger partial charge in [-0.2, -0.15) is 16.7 Å². The minimum absolute atomic E-state index is 0.0392. The number of benzene rings is 2. The first-order valence-corrected chi connectivity index (χ1v) is 26.9. The largest absolute Gasteiger partial charge is 0.495 e. The average Bonchev–Trinajstić information content (AvgIpc) is 3.69. The number of likely N-dealkylation sites (tertiary alicyclic amines) is 1. The van der Waals surface area contributed by atoms with Crippen molar-refractivity contribution >= 4 is 75.8 Å². The molecule has 4 amide bonds. The summed E-state index contributed by atoms with van der Waals surface area (Å²) < 4.78 is 19.3. The van der Waals surface area contributed by atoms with Gasteiger partial charge in [0.1, 0.15) is 28.7 Å². The van der Waals surface area contributed by atoms with Crippen LogP contribution in [-0.2, 0) is 14.4 Å². The van der Waals surface area contributed by atoms with Gasteiger partial charge in [0, 0.05) is 56.6 Å². The number of hydrogen-bond acceptors (Lipinski definition) is 13. The van der Waals surface area contributed by atoms with Crippen LogP contribution in [0.4, 0.5) is 21.8 Å². The van der Waals surface area contributed by atoms with Crippen LogP contribution in [0.25, 0.3) is 10.4 Å². The zero-order valence-corrected chi connectivity index (χ0v) is 43.8. The molecular formula is C51H68ClFN10O5S2. The maximum atomic E-state index is 14.4. The first kappa shape index (κ1) is 52.8. The highest BCUT2D eigenvalue weighted by atomic mass is 35.5. The molecule has 0 bridgehead atoms. The molecule has 2 saturated heterocycles. The van der Waals surface area contributed by atoms with Crippen molar-refractivity contribution in [1.29, 1.82) is 0 Å². The van der Waals surface area contributed by atoms with Crippen molar-refractivity contribution < 1.29 is 28.3 Å². The molecule has 3 atom stereocenters. The zero-order valence-electron chi connectivity index (χ0n) is 41.4. The predicted octanol–water partition coefficient (Wildman–Crippen LogP) is 8.68. The summed E-state index contributed by atoms with van der Waals surface area (Å²) >= 11 is 9.08. The van der Waals surface area contributed by atoms with E-state index in [1.165, 1.54) is 56.6 Å². The van der Waals surface area contributed by atoms with E-state index >= 15 is 0 Å². The summed E-state index contributed by atoms with van der Waals surface area (Å²) in [6.07, 6.45) is 11.8. The van der Waals surface area contributed by atoms with E-state index in [1.807, 2.05) is 80.8 Å². The lowest BCUT2D eigenvalue weighted by atomic mass is 9.89. The van der Waals surface area contributed by atoms with Crippen molar-refractivity contribution in [2.75, 3.05) is 70.3 Å². The van der Waals surface area contributed by atoms with E-state index in [0.29, 0.717) is 53.2 Å². The number of anilines is 3. The summed E-state index contributed by atoms with van der Waals surface area (Å²) in [5.41, 5.74) is 4.28. The Hall–Kier alpha value is -5.04. The van der Waals surface area contributed by atoms with Gasteiger partial charge in [0.05, 0.1) is 41.1 Å². The zero-order chi connectivity index (χ0) is 50.2. The number of hydrogen-bond donors (Lipinski definition) is 4. The van der Waals surface area contributed by atoms with Crippen molar-refractivity contribution in [3.05, 3.63) is 76.0 Å². The fourth-order valence-corrected chi connectivity index (χ4v) is 10.7. The number of alkyl halides is 1. The van der Waals surface area contributed by atoms with Crippen molar-refractivity contribution in [3.63, 3.8) is 0 Å². The number of halogens is 2. The highest BCUT2D eigenvalue weighted by Gasteiger charge is 2.53. The smallest absolute Gasteiger partial charge is 0.258 e. The SMILES string of the molecule is CNc1nc(Nc2ccc(C(=O)N3CCN(CC4CCCCC4)CC3)cc2OC)ncc1Cl.CSC(C)(C)C(NC(=O)C1(F)CC1)C(=O)N1CCCC1C(=O)NC(C)c1ccc(-c2scnc2C)cc1. The van der Waals surface area contributed by atoms with Crippen molar-refractivity contribution in [2.45, 2.75) is 114 Å². The van der Waals surface area contributed by atoms with Gasteiger partial charge in [-0.1, -0.05) is 55.1 Å². The number of carbonyl (C=O) groups is 4. The third kappa shape index (κ3) is 12.9. The molecule has 4 fully saturated rings. The first-order valence-electron chi connectivity index (χ1n) is 24.4. The Morgan fingerprint density at radius 3 is 2.31 bits per heavy atom. The van der Waals surface area contributed by atoms with Crippen molar-refractivity contribution in [2.24, 2.45) is 5.92 Å². The molecule has 0 spiro atoms. The van der Waals surface area contributed by atoms with Gasteiger partial charge in [0.2, 0.25) is 17.8 Å². The lowest BCUT2D eigenvalue weighted by Crippen LogP contribution is -2.60. The molecule has 19 heteroatoms. The van der Waals surface area contributed by atoms with Gasteiger partial charge < -0.3 is 35.8 Å². The second kappa shape index (κ2) is 23.5. The van der Waals surface area contributed by atoms with Crippen molar-refractivity contribution in [1.82, 2.24) is 40.3 Å². The molecule has 4 heterocycles. The summed E-state index contributed by atoms with van der Waals surface area (Å²) in [5, 5.41) is 12.2. The van der Waals surface area contributed by atoms with E-state index in [2.05, 4.69) is 41.1 Å². The van der Waals surface area contributed by atoms with Gasteiger partial charge in [-0.3, -0.25) is 24.1 Å². The summed E-state index contributed by atoms with van der Waals surface area (Å²) in [7, 11) is 3.33. The van der Waals surface area contributed by atoms with E-state index < -0.39 is 28.4 Å². The maximum Gasteiger partial charge on any atom is 0.258 e. The molecule has 3 unspecified atom stereocenters. The van der Waals surface area contributed by atoms with E-state index in [9.17, 15) is 23.6 Å². The third-order valence-electron chi connectivity index (χ3n) is 14.0. The highest BCUT2D eigenvalue weighted by molar-refractivity contribution is 8.00. The Labute approximate surface area is 424 Å². The molecule has 4 N–H and O–H groups in total. The topological polar surface area (TPSA) is 174 Å². The number of nitrogens with zero attached hydrogens (tertiary/aromatic N) is 6. The second-order valence-corrected chi connectivity index (χ2v) is 22.0. The molecule has 0 radical (unpaired) electrons. The fourth-order valence-electron chi connectivity index (χ4n) is 9.31. The van der Waals surface area contributed by atoms with Crippen LogP contribution in [0.1, 0.15) is 106 Å². The Bertz CT molecular complexity index is 2460. The standard InChI is InChI=1S/C27H35FN4O3S2.C24H33ClN6O2/c1-16(18-8-10-19(11-9-18)21-17(2)29-15-37-21)30-23(33)20-7-6-14-32(20)24(34)22(26(3,4)36-5)31-25(35)27(28)12-13-27;1-26-22-19(25)15-27-24(29-22)28-20-9-8-18(14-21(20)33-2)23(32)31-12-10-30(11-13-31)16-17-6-4-3-5-7-17/h8-11,15-16,20,22H,6-7,12-14H2,1-5H3,(H,30,33)(H,31,35);8-9,14-15,17H,3-7,10-13,16H2,1-2H3,(H2,26,27,28,29). The predicted molar refractivity (Wildman–Crippen MR) is 278 cm³/mol. The van der Waals surface area contributed by atoms with Crippen LogP contribution in [-0.4, -0.2) is 135 Å². The number of piperazine rings is 1. The molecule has 4 aliphatic rings. The van der Waals surface area contributed by atoms with E-state index in [-0.39, 0.29) is 36.6 Å². The van der Waals surface area contributed by atoms with Crippen LogP contribution in [0.2, 0.25) is 5.02 Å². The summed E-state index contributed by atoms with van der Waals surface area (Å²) in [5.74, 6) is 1.04. The fraction of sp³-hybridized carbons (Fsp3) is 0.549. The Morgan fingerprint density at radius 1 is 0.971 bits per heavy atom. The maximum absolute atomic E-state index is 14.4. The van der Waals surface area contributed by atoms with Crippen molar-refractivity contribution in [3.8, 4) is 16.2 Å².